The van der Waals surface area contributed by atoms with E-state index in [2.05, 4.69) is 20.9 Å². The van der Waals surface area contributed by atoms with Crippen molar-refractivity contribution >= 4 is 34.1 Å². The van der Waals surface area contributed by atoms with Gasteiger partial charge in [0.2, 0.25) is 11.8 Å². The van der Waals surface area contributed by atoms with E-state index in [-0.39, 0.29) is 23.4 Å². The fourth-order valence-electron chi connectivity index (χ4n) is 5.93. The average molecular weight is 617 g/mol. The lowest BCUT2D eigenvalue weighted by atomic mass is 10.1. The Morgan fingerprint density at radius 1 is 0.844 bits per heavy atom. The molecule has 2 aliphatic rings. The van der Waals surface area contributed by atoms with Crippen LogP contribution >= 0.6 is 0 Å². The van der Waals surface area contributed by atoms with Crippen LogP contribution in [0.3, 0.4) is 0 Å². The number of hydrogen-bond acceptors (Lipinski definition) is 7. The SMILES string of the molecule is COc1cc2c(Oc3ccc(NC(=O)[C@H]4[C@@H](C(=O)Nc5ccc(F)cc5)C4(C)C)cc3F)ccnc2cc1OC1CCNCC1. The third-order valence-corrected chi connectivity index (χ3v) is 8.49. The molecule has 2 amide bonds. The Morgan fingerprint density at radius 3 is 2.18 bits per heavy atom. The summed E-state index contributed by atoms with van der Waals surface area (Å²) in [5, 5.41) is 9.39. The molecule has 2 fully saturated rings. The summed E-state index contributed by atoms with van der Waals surface area (Å²) in [5.41, 5.74) is 0.655. The van der Waals surface area contributed by atoms with Gasteiger partial charge in [0, 0.05) is 35.1 Å². The van der Waals surface area contributed by atoms with Crippen LogP contribution in [0.4, 0.5) is 20.2 Å². The number of aromatic nitrogens is 1. The van der Waals surface area contributed by atoms with Crippen LogP contribution < -0.4 is 30.2 Å². The normalized spacial score (nSPS) is 19.0. The highest BCUT2D eigenvalue weighted by molar-refractivity contribution is 6.04. The molecule has 6 rings (SSSR count). The van der Waals surface area contributed by atoms with Crippen molar-refractivity contribution in [2.24, 2.45) is 17.3 Å². The minimum Gasteiger partial charge on any atom is -0.493 e. The third kappa shape index (κ3) is 6.39. The molecule has 1 saturated carbocycles. The average Bonchev–Trinajstić information content (AvgIpc) is 3.62. The van der Waals surface area contributed by atoms with E-state index in [1.807, 2.05) is 13.8 Å². The molecule has 2 atom stereocenters. The molecule has 0 bridgehead atoms. The van der Waals surface area contributed by atoms with Crippen LogP contribution in [0.5, 0.6) is 23.0 Å². The first-order chi connectivity index (χ1) is 21.6. The zero-order chi connectivity index (χ0) is 31.7. The van der Waals surface area contributed by atoms with Crippen molar-refractivity contribution in [3.05, 3.63) is 78.5 Å². The summed E-state index contributed by atoms with van der Waals surface area (Å²) in [6.45, 7) is 5.42. The van der Waals surface area contributed by atoms with Gasteiger partial charge in [0.1, 0.15) is 17.7 Å². The van der Waals surface area contributed by atoms with Gasteiger partial charge in [-0.05, 0) is 79.9 Å². The summed E-state index contributed by atoms with van der Waals surface area (Å²) < 4.78 is 46.3. The molecule has 4 aromatic rings. The van der Waals surface area contributed by atoms with Gasteiger partial charge >= 0.3 is 0 Å². The fraction of sp³-hybridized carbons (Fsp3) is 0.324. The second-order valence-corrected chi connectivity index (χ2v) is 11.9. The molecular weight excluding hydrogens is 582 g/mol. The molecule has 2 heterocycles. The van der Waals surface area contributed by atoms with Crippen LogP contribution in [0.15, 0.2) is 66.9 Å². The van der Waals surface area contributed by atoms with E-state index >= 15 is 4.39 Å². The Hall–Kier alpha value is -4.77. The van der Waals surface area contributed by atoms with Crippen LogP contribution in [0.2, 0.25) is 0 Å². The number of anilines is 2. The Labute approximate surface area is 259 Å². The Kier molecular flexibility index (Phi) is 8.28. The molecule has 1 aliphatic carbocycles. The number of pyridine rings is 1. The summed E-state index contributed by atoms with van der Waals surface area (Å²) >= 11 is 0. The molecule has 3 N–H and O–H groups in total. The first-order valence-corrected chi connectivity index (χ1v) is 14.8. The Balaban J connectivity index is 1.14. The van der Waals surface area contributed by atoms with Gasteiger partial charge in [-0.15, -0.1) is 0 Å². The standard InChI is InChI=1S/C34H34F2N4O5/c1-34(2)30(32(41)39-20-6-4-19(35)5-7-20)31(34)33(42)40-21-8-9-27(24(36)16-21)45-26-12-15-38-25-18-29(28(43-3)17-23(25)26)44-22-10-13-37-14-11-22/h4-9,12,15-18,22,30-31,37H,10-11,13-14H2,1-3H3,(H,39,41)(H,40,42)/t30-,31+/m0/s1. The van der Waals surface area contributed by atoms with Gasteiger partial charge in [-0.3, -0.25) is 14.6 Å². The summed E-state index contributed by atoms with van der Waals surface area (Å²) in [7, 11) is 1.56. The molecule has 234 valence electrons. The lowest BCUT2D eigenvalue weighted by Crippen LogP contribution is -2.34. The second-order valence-electron chi connectivity index (χ2n) is 11.9. The van der Waals surface area contributed by atoms with Crippen LogP contribution in [0.25, 0.3) is 10.9 Å². The monoisotopic (exact) mass is 616 g/mol. The number of hydrogen-bond donors (Lipinski definition) is 3. The predicted octanol–water partition coefficient (Wildman–Crippen LogP) is 6.29. The molecular formula is C34H34F2N4O5. The molecule has 0 spiro atoms. The smallest absolute Gasteiger partial charge is 0.228 e. The van der Waals surface area contributed by atoms with Crippen molar-refractivity contribution < 1.29 is 32.6 Å². The maximum atomic E-state index is 15.3. The van der Waals surface area contributed by atoms with E-state index in [1.165, 1.54) is 42.5 Å². The first-order valence-electron chi connectivity index (χ1n) is 14.8. The van der Waals surface area contributed by atoms with E-state index in [9.17, 15) is 14.0 Å². The summed E-state index contributed by atoms with van der Waals surface area (Å²) in [6.07, 6.45) is 3.42. The number of ether oxygens (including phenoxy) is 3. The number of nitrogens with one attached hydrogen (secondary N) is 3. The van der Waals surface area contributed by atoms with E-state index < -0.39 is 34.8 Å². The van der Waals surface area contributed by atoms with Crippen molar-refractivity contribution in [3.8, 4) is 23.0 Å². The predicted molar refractivity (Wildman–Crippen MR) is 166 cm³/mol. The summed E-state index contributed by atoms with van der Waals surface area (Å²) in [6, 6.07) is 14.7. The number of nitrogens with zero attached hydrogens (tertiary/aromatic N) is 1. The van der Waals surface area contributed by atoms with Gasteiger partial charge in [-0.25, -0.2) is 8.78 Å². The number of fused-ring (bicyclic) bond motifs is 1. The van der Waals surface area contributed by atoms with Crippen molar-refractivity contribution in [3.63, 3.8) is 0 Å². The minimum absolute atomic E-state index is 0.0437. The highest BCUT2D eigenvalue weighted by Crippen LogP contribution is 2.59. The number of benzene rings is 3. The van der Waals surface area contributed by atoms with Crippen molar-refractivity contribution in [2.45, 2.75) is 32.8 Å². The second kappa shape index (κ2) is 12.3. The maximum Gasteiger partial charge on any atom is 0.228 e. The largest absolute Gasteiger partial charge is 0.493 e. The number of methoxy groups -OCH3 is 1. The lowest BCUT2D eigenvalue weighted by Gasteiger charge is -2.25. The summed E-state index contributed by atoms with van der Waals surface area (Å²) in [5.74, 6) is -1.63. The highest BCUT2D eigenvalue weighted by Gasteiger charge is 2.65. The first kappa shape index (κ1) is 30.3. The molecule has 1 aliphatic heterocycles. The van der Waals surface area contributed by atoms with E-state index in [4.69, 9.17) is 14.2 Å². The number of halogens is 2. The number of amides is 2. The van der Waals surface area contributed by atoms with Gasteiger partial charge in [0.15, 0.2) is 23.1 Å². The number of piperidine rings is 1. The quantitative estimate of drug-likeness (QED) is 0.203. The molecule has 3 aromatic carbocycles. The molecule has 45 heavy (non-hydrogen) atoms. The number of rotatable bonds is 9. The molecule has 9 nitrogen and oxygen atoms in total. The van der Waals surface area contributed by atoms with Crippen molar-refractivity contribution in [1.82, 2.24) is 10.3 Å². The molecule has 0 radical (unpaired) electrons. The van der Waals surface area contributed by atoms with E-state index in [1.54, 1.807) is 31.5 Å². The number of carbonyl (C=O) groups excluding carboxylic acids is 2. The Morgan fingerprint density at radius 2 is 1.51 bits per heavy atom. The Bertz CT molecular complexity index is 1740. The maximum absolute atomic E-state index is 15.3. The van der Waals surface area contributed by atoms with Gasteiger partial charge in [0.05, 0.1) is 24.5 Å². The van der Waals surface area contributed by atoms with Gasteiger partial charge in [-0.1, -0.05) is 13.8 Å². The summed E-state index contributed by atoms with van der Waals surface area (Å²) in [4.78, 5) is 30.4. The topological polar surface area (TPSA) is 111 Å². The third-order valence-electron chi connectivity index (χ3n) is 8.49. The molecule has 1 saturated heterocycles. The zero-order valence-corrected chi connectivity index (χ0v) is 25.2. The van der Waals surface area contributed by atoms with Crippen LogP contribution in [0, 0.1) is 28.9 Å². The molecule has 0 unspecified atom stereocenters. The van der Waals surface area contributed by atoms with Crippen LogP contribution in [0.1, 0.15) is 26.7 Å². The van der Waals surface area contributed by atoms with Crippen molar-refractivity contribution in [2.75, 3.05) is 30.8 Å². The fourth-order valence-corrected chi connectivity index (χ4v) is 5.93. The lowest BCUT2D eigenvalue weighted by molar-refractivity contribution is -0.122. The number of carbonyl (C=O) groups is 2. The van der Waals surface area contributed by atoms with Crippen LogP contribution in [-0.4, -0.2) is 43.1 Å². The van der Waals surface area contributed by atoms with Gasteiger partial charge in [-0.2, -0.15) is 0 Å². The highest BCUT2D eigenvalue weighted by atomic mass is 19.1. The molecule has 1 aromatic heterocycles. The van der Waals surface area contributed by atoms with E-state index in [0.29, 0.717) is 33.8 Å². The van der Waals surface area contributed by atoms with Crippen LogP contribution in [-0.2, 0) is 9.59 Å². The van der Waals surface area contributed by atoms with Gasteiger partial charge in [0.25, 0.3) is 0 Å². The zero-order valence-electron chi connectivity index (χ0n) is 25.2. The van der Waals surface area contributed by atoms with E-state index in [0.717, 1.165) is 25.9 Å². The minimum atomic E-state index is -0.684. The van der Waals surface area contributed by atoms with Crippen molar-refractivity contribution in [1.29, 1.82) is 0 Å². The van der Waals surface area contributed by atoms with Gasteiger partial charge < -0.3 is 30.2 Å². The molecule has 11 heteroatoms.